The molecule has 0 unspecified atom stereocenters. The number of hydrogen-bond donors (Lipinski definition) is 2. The zero-order chi connectivity index (χ0) is 10.1. The molecule has 2 aromatic rings. The van der Waals surface area contributed by atoms with Gasteiger partial charge in [-0.25, -0.2) is 9.50 Å². The molecular formula is C8H8ClN5. The van der Waals surface area contributed by atoms with Gasteiger partial charge in [-0.2, -0.15) is 5.10 Å². The van der Waals surface area contributed by atoms with E-state index >= 15 is 0 Å². The van der Waals surface area contributed by atoms with Gasteiger partial charge >= 0.3 is 0 Å². The van der Waals surface area contributed by atoms with Crippen LogP contribution in [0, 0.1) is 5.41 Å². The third-order valence-corrected chi connectivity index (χ3v) is 2.15. The topological polar surface area (TPSA) is 80.1 Å². The van der Waals surface area contributed by atoms with Gasteiger partial charge in [0.1, 0.15) is 11.8 Å². The summed E-state index contributed by atoms with van der Waals surface area (Å²) in [5.41, 5.74) is 6.86. The van der Waals surface area contributed by atoms with Crippen molar-refractivity contribution in [1.82, 2.24) is 14.6 Å². The molecule has 2 rings (SSSR count). The van der Waals surface area contributed by atoms with Gasteiger partial charge in [-0.3, -0.25) is 5.41 Å². The molecule has 0 aromatic carbocycles. The minimum atomic E-state index is 0.0970. The van der Waals surface area contributed by atoms with Crippen LogP contribution in [0.5, 0.6) is 0 Å². The van der Waals surface area contributed by atoms with Gasteiger partial charge in [0.25, 0.3) is 0 Å². The Bertz CT molecular complexity index is 489. The summed E-state index contributed by atoms with van der Waals surface area (Å²) in [6.07, 6.45) is 1.74. The summed E-state index contributed by atoms with van der Waals surface area (Å²) < 4.78 is 1.64. The second kappa shape index (κ2) is 3.26. The molecule has 0 bridgehead atoms. The second-order valence-corrected chi connectivity index (χ2v) is 3.23. The number of nitrogens with zero attached hydrogens (tertiary/aromatic N) is 3. The van der Waals surface area contributed by atoms with E-state index in [1.54, 1.807) is 10.6 Å². The van der Waals surface area contributed by atoms with Crippen LogP contribution in [0.2, 0.25) is 5.15 Å². The quantitative estimate of drug-likeness (QED) is 0.569. The summed E-state index contributed by atoms with van der Waals surface area (Å²) in [7, 11) is 0. The normalized spacial score (nSPS) is 10.6. The van der Waals surface area contributed by atoms with Crippen molar-refractivity contribution in [3.8, 4) is 0 Å². The lowest BCUT2D eigenvalue weighted by Gasteiger charge is -2.00. The van der Waals surface area contributed by atoms with Gasteiger partial charge in [-0.05, 0) is 12.1 Å². The monoisotopic (exact) mass is 209 g/mol. The molecule has 0 aliphatic carbocycles. The first kappa shape index (κ1) is 8.96. The number of hydrogen-bond acceptors (Lipinski definition) is 3. The zero-order valence-electron chi connectivity index (χ0n) is 7.24. The maximum Gasteiger partial charge on any atom is 0.156 e. The summed E-state index contributed by atoms with van der Waals surface area (Å²) in [6, 6.07) is 3.64. The molecule has 72 valence electrons. The van der Waals surface area contributed by atoms with Gasteiger partial charge < -0.3 is 5.73 Å². The molecule has 0 saturated heterocycles. The Morgan fingerprint density at radius 1 is 1.57 bits per heavy atom. The second-order valence-electron chi connectivity index (χ2n) is 2.87. The van der Waals surface area contributed by atoms with Crippen molar-refractivity contribution >= 4 is 23.0 Å². The molecule has 0 saturated carbocycles. The Kier molecular flexibility index (Phi) is 2.09. The molecule has 0 amide bonds. The Labute approximate surface area is 85.0 Å². The number of nitrogens with one attached hydrogen (secondary N) is 1. The highest BCUT2D eigenvalue weighted by Crippen LogP contribution is 2.15. The number of amidine groups is 1. The lowest BCUT2D eigenvalue weighted by atomic mass is 10.3. The molecule has 0 fully saturated rings. The van der Waals surface area contributed by atoms with Crippen LogP contribution in [-0.4, -0.2) is 20.4 Å². The molecule has 14 heavy (non-hydrogen) atoms. The minimum absolute atomic E-state index is 0.0970. The molecule has 3 N–H and O–H groups in total. The average molecular weight is 210 g/mol. The molecule has 0 aliphatic rings. The first-order valence-corrected chi connectivity index (χ1v) is 4.36. The van der Waals surface area contributed by atoms with Gasteiger partial charge in [-0.15, -0.1) is 0 Å². The van der Waals surface area contributed by atoms with Crippen molar-refractivity contribution in [2.24, 2.45) is 5.73 Å². The summed E-state index contributed by atoms with van der Waals surface area (Å²) in [6.45, 7) is 0. The smallest absolute Gasteiger partial charge is 0.156 e. The van der Waals surface area contributed by atoms with Gasteiger partial charge in [0, 0.05) is 6.42 Å². The highest BCUT2D eigenvalue weighted by atomic mass is 35.5. The van der Waals surface area contributed by atoms with E-state index in [2.05, 4.69) is 10.1 Å². The summed E-state index contributed by atoms with van der Waals surface area (Å²) >= 11 is 5.85. The van der Waals surface area contributed by atoms with E-state index in [-0.39, 0.29) is 5.84 Å². The van der Waals surface area contributed by atoms with Crippen molar-refractivity contribution in [3.63, 3.8) is 0 Å². The van der Waals surface area contributed by atoms with Crippen LogP contribution in [0.15, 0.2) is 18.5 Å². The number of rotatable bonds is 2. The first-order valence-electron chi connectivity index (χ1n) is 3.98. The molecular weight excluding hydrogens is 202 g/mol. The van der Waals surface area contributed by atoms with Gasteiger partial charge in [0.15, 0.2) is 5.15 Å². The third-order valence-electron chi connectivity index (χ3n) is 1.85. The van der Waals surface area contributed by atoms with E-state index in [0.29, 0.717) is 11.6 Å². The number of aromatic nitrogens is 3. The van der Waals surface area contributed by atoms with Crippen LogP contribution in [0.3, 0.4) is 0 Å². The molecule has 5 nitrogen and oxygen atoms in total. The van der Waals surface area contributed by atoms with E-state index in [1.165, 1.54) is 6.33 Å². The Morgan fingerprint density at radius 3 is 3.07 bits per heavy atom. The molecule has 2 heterocycles. The van der Waals surface area contributed by atoms with Crippen LogP contribution in [0.1, 0.15) is 5.69 Å². The van der Waals surface area contributed by atoms with Crippen LogP contribution in [0.4, 0.5) is 0 Å². The summed E-state index contributed by atoms with van der Waals surface area (Å²) in [4.78, 5) is 3.85. The van der Waals surface area contributed by atoms with E-state index in [1.807, 2.05) is 6.07 Å². The van der Waals surface area contributed by atoms with Gasteiger partial charge in [0.05, 0.1) is 11.5 Å². The largest absolute Gasteiger partial charge is 0.387 e. The van der Waals surface area contributed by atoms with Crippen LogP contribution < -0.4 is 5.73 Å². The maximum absolute atomic E-state index is 7.19. The van der Waals surface area contributed by atoms with Crippen molar-refractivity contribution in [2.75, 3.05) is 0 Å². The van der Waals surface area contributed by atoms with E-state index < -0.39 is 0 Å². The Morgan fingerprint density at radius 2 is 2.36 bits per heavy atom. The predicted octanol–water partition coefficient (Wildman–Crippen LogP) is 0.861. The Hall–Kier alpha value is -1.62. The fraction of sp³-hybridized carbons (Fsp3) is 0.125. The summed E-state index contributed by atoms with van der Waals surface area (Å²) in [5.74, 6) is 0.0970. The molecule has 0 spiro atoms. The third kappa shape index (κ3) is 1.42. The number of fused-ring (bicyclic) bond motifs is 1. The molecule has 2 aromatic heterocycles. The van der Waals surface area contributed by atoms with Crippen molar-refractivity contribution in [1.29, 1.82) is 5.41 Å². The SMILES string of the molecule is N=C(N)Cc1ccc2c(Cl)ncnn12. The lowest BCUT2D eigenvalue weighted by Crippen LogP contribution is -2.14. The fourth-order valence-electron chi connectivity index (χ4n) is 1.29. The molecule has 6 heteroatoms. The van der Waals surface area contributed by atoms with E-state index in [4.69, 9.17) is 22.7 Å². The van der Waals surface area contributed by atoms with Gasteiger partial charge in [0.2, 0.25) is 0 Å². The number of halogens is 1. The highest BCUT2D eigenvalue weighted by molar-refractivity contribution is 6.32. The molecule has 0 radical (unpaired) electrons. The fourth-order valence-corrected chi connectivity index (χ4v) is 1.47. The standard InChI is InChI=1S/C8H8ClN5/c9-8-6-2-1-5(3-7(10)11)14(6)13-4-12-8/h1-2,4H,3H2,(H3,10,11). The van der Waals surface area contributed by atoms with E-state index in [0.717, 1.165) is 11.2 Å². The van der Waals surface area contributed by atoms with Crippen molar-refractivity contribution in [2.45, 2.75) is 6.42 Å². The van der Waals surface area contributed by atoms with Crippen molar-refractivity contribution in [3.05, 3.63) is 29.3 Å². The van der Waals surface area contributed by atoms with Crippen LogP contribution >= 0.6 is 11.6 Å². The van der Waals surface area contributed by atoms with Crippen LogP contribution in [0.25, 0.3) is 5.52 Å². The molecule has 0 aliphatic heterocycles. The maximum atomic E-state index is 7.19. The Balaban J connectivity index is 2.58. The lowest BCUT2D eigenvalue weighted by molar-refractivity contribution is 0.858. The van der Waals surface area contributed by atoms with Crippen molar-refractivity contribution < 1.29 is 0 Å². The number of nitrogens with two attached hydrogens (primary N) is 1. The highest BCUT2D eigenvalue weighted by Gasteiger charge is 2.06. The van der Waals surface area contributed by atoms with Crippen LogP contribution in [-0.2, 0) is 6.42 Å². The zero-order valence-corrected chi connectivity index (χ0v) is 7.99. The first-order chi connectivity index (χ1) is 6.68. The summed E-state index contributed by atoms with van der Waals surface area (Å²) in [5, 5.41) is 11.6. The average Bonchev–Trinajstić information content (AvgIpc) is 2.49. The molecule has 0 atom stereocenters. The van der Waals surface area contributed by atoms with E-state index in [9.17, 15) is 0 Å². The van der Waals surface area contributed by atoms with Gasteiger partial charge in [-0.1, -0.05) is 11.6 Å². The predicted molar refractivity (Wildman–Crippen MR) is 53.6 cm³/mol. The minimum Gasteiger partial charge on any atom is -0.387 e.